The van der Waals surface area contributed by atoms with Gasteiger partial charge in [-0.05, 0) is 32.4 Å². The van der Waals surface area contributed by atoms with Crippen LogP contribution in [0.3, 0.4) is 0 Å². The lowest BCUT2D eigenvalue weighted by Crippen LogP contribution is -2.46. The molecule has 1 aliphatic rings. The number of anilines is 3. The standard InChI is InChI=1S/C21H21BN4O/c1-13-8-9-15-14-6-4-5-7-16(14)27-18(15)17(13)25-12-26(21(2,3)22)20-19(25)23-10-11-24-20/h4-11H,12,22H2,1-3H3. The maximum atomic E-state index is 6.30. The van der Waals surface area contributed by atoms with Gasteiger partial charge in [-0.15, -0.1) is 0 Å². The van der Waals surface area contributed by atoms with Crippen LogP contribution in [0.1, 0.15) is 19.4 Å². The summed E-state index contributed by atoms with van der Waals surface area (Å²) in [5.74, 6) is 1.79. The van der Waals surface area contributed by atoms with Crippen LogP contribution in [0.5, 0.6) is 0 Å². The number of hydrogen-bond donors (Lipinski definition) is 0. The summed E-state index contributed by atoms with van der Waals surface area (Å²) in [4.78, 5) is 13.8. The molecule has 2 aromatic heterocycles. The molecule has 0 spiro atoms. The van der Waals surface area contributed by atoms with E-state index in [1.807, 2.05) is 12.1 Å². The fraction of sp³-hybridized carbons (Fsp3) is 0.238. The number of nitrogens with zero attached hydrogens (tertiary/aromatic N) is 4. The Balaban J connectivity index is 1.78. The van der Waals surface area contributed by atoms with Crippen LogP contribution in [-0.4, -0.2) is 29.9 Å². The first-order chi connectivity index (χ1) is 12.9. The summed E-state index contributed by atoms with van der Waals surface area (Å²) in [6.45, 7) is 7.21. The minimum Gasteiger partial charge on any atom is -0.454 e. The molecule has 2 aromatic carbocycles. The molecule has 0 radical (unpaired) electrons. The minimum atomic E-state index is -0.0603. The van der Waals surface area contributed by atoms with Gasteiger partial charge >= 0.3 is 0 Å². The Morgan fingerprint density at radius 3 is 2.52 bits per heavy atom. The third-order valence-electron chi connectivity index (χ3n) is 5.26. The molecule has 1 aliphatic heterocycles. The summed E-state index contributed by atoms with van der Waals surface area (Å²) in [7, 11) is 2.20. The lowest BCUT2D eigenvalue weighted by atomic mass is 9.80. The zero-order valence-electron chi connectivity index (χ0n) is 16.0. The largest absolute Gasteiger partial charge is 0.454 e. The number of furan rings is 1. The second kappa shape index (κ2) is 5.49. The fourth-order valence-electron chi connectivity index (χ4n) is 3.89. The Morgan fingerprint density at radius 1 is 1.00 bits per heavy atom. The molecule has 4 aromatic rings. The predicted molar refractivity (Wildman–Crippen MR) is 113 cm³/mol. The van der Waals surface area contributed by atoms with E-state index in [0.29, 0.717) is 6.67 Å². The summed E-state index contributed by atoms with van der Waals surface area (Å²) in [6.07, 6.45) is 3.52. The van der Waals surface area contributed by atoms with E-state index in [0.717, 1.165) is 44.8 Å². The van der Waals surface area contributed by atoms with Crippen molar-refractivity contribution in [2.45, 2.75) is 26.2 Å². The van der Waals surface area contributed by atoms with Crippen LogP contribution < -0.4 is 9.80 Å². The Labute approximate surface area is 159 Å². The van der Waals surface area contributed by atoms with E-state index < -0.39 is 0 Å². The third-order valence-corrected chi connectivity index (χ3v) is 5.26. The van der Waals surface area contributed by atoms with Gasteiger partial charge < -0.3 is 14.2 Å². The maximum Gasteiger partial charge on any atom is 0.178 e. The summed E-state index contributed by atoms with van der Waals surface area (Å²) in [5.41, 5.74) is 3.98. The van der Waals surface area contributed by atoms with Gasteiger partial charge in [0.05, 0.1) is 12.4 Å². The van der Waals surface area contributed by atoms with Crippen molar-refractivity contribution in [2.75, 3.05) is 16.5 Å². The minimum absolute atomic E-state index is 0.0603. The van der Waals surface area contributed by atoms with Crippen molar-refractivity contribution >= 4 is 47.1 Å². The van der Waals surface area contributed by atoms with Crippen LogP contribution in [0.15, 0.2) is 53.2 Å². The highest BCUT2D eigenvalue weighted by molar-refractivity contribution is 6.17. The molecule has 0 atom stereocenters. The molecule has 0 saturated carbocycles. The van der Waals surface area contributed by atoms with Crippen molar-refractivity contribution in [1.82, 2.24) is 9.97 Å². The molecule has 0 N–H and O–H groups in total. The molecule has 27 heavy (non-hydrogen) atoms. The Morgan fingerprint density at radius 2 is 1.74 bits per heavy atom. The van der Waals surface area contributed by atoms with E-state index in [1.165, 1.54) is 0 Å². The van der Waals surface area contributed by atoms with Gasteiger partial charge in [0.1, 0.15) is 13.4 Å². The number of aryl methyl sites for hydroxylation is 1. The first-order valence-corrected chi connectivity index (χ1v) is 9.22. The van der Waals surface area contributed by atoms with Gasteiger partial charge in [0.2, 0.25) is 0 Å². The van der Waals surface area contributed by atoms with Gasteiger partial charge in [0.25, 0.3) is 0 Å². The molecule has 0 saturated heterocycles. The highest BCUT2D eigenvalue weighted by Gasteiger charge is 2.37. The zero-order chi connectivity index (χ0) is 18.8. The van der Waals surface area contributed by atoms with Gasteiger partial charge in [-0.1, -0.05) is 30.3 Å². The molecule has 5 rings (SSSR count). The van der Waals surface area contributed by atoms with Gasteiger partial charge in [-0.3, -0.25) is 0 Å². The van der Waals surface area contributed by atoms with Crippen LogP contribution in [-0.2, 0) is 0 Å². The Kier molecular flexibility index (Phi) is 3.29. The SMILES string of the molecule is BC(C)(C)N1CN(c2c(C)ccc3c2oc2ccccc23)c2nccnc21. The number of aromatic nitrogens is 2. The number of rotatable bonds is 2. The van der Waals surface area contributed by atoms with Gasteiger partial charge in [-0.25, -0.2) is 9.97 Å². The molecule has 0 aliphatic carbocycles. The fourth-order valence-corrected chi connectivity index (χ4v) is 3.89. The topological polar surface area (TPSA) is 45.4 Å². The average molecular weight is 356 g/mol. The molecule has 0 amide bonds. The quantitative estimate of drug-likeness (QED) is 0.509. The highest BCUT2D eigenvalue weighted by Crippen LogP contribution is 2.45. The molecule has 6 heteroatoms. The first kappa shape index (κ1) is 16.2. The Hall–Kier alpha value is -3.02. The monoisotopic (exact) mass is 356 g/mol. The lowest BCUT2D eigenvalue weighted by Gasteiger charge is -2.33. The van der Waals surface area contributed by atoms with Crippen LogP contribution in [0.4, 0.5) is 17.3 Å². The molecule has 3 heterocycles. The van der Waals surface area contributed by atoms with Crippen LogP contribution >= 0.6 is 0 Å². The van der Waals surface area contributed by atoms with Gasteiger partial charge in [0, 0.05) is 28.6 Å². The van der Waals surface area contributed by atoms with E-state index in [1.54, 1.807) is 12.4 Å². The van der Waals surface area contributed by atoms with Crippen LogP contribution in [0.25, 0.3) is 21.9 Å². The number of benzene rings is 2. The van der Waals surface area contributed by atoms with Crippen molar-refractivity contribution in [2.24, 2.45) is 0 Å². The molecular weight excluding hydrogens is 335 g/mol. The third kappa shape index (κ3) is 2.32. The molecule has 0 fully saturated rings. The normalized spacial score (nSPS) is 14.3. The van der Waals surface area contributed by atoms with Gasteiger partial charge in [0.15, 0.2) is 17.2 Å². The van der Waals surface area contributed by atoms with Crippen LogP contribution in [0, 0.1) is 6.92 Å². The second-order valence-corrected chi connectivity index (χ2v) is 8.08. The second-order valence-electron chi connectivity index (χ2n) is 8.08. The number of fused-ring (bicyclic) bond motifs is 4. The smallest absolute Gasteiger partial charge is 0.178 e. The van der Waals surface area contributed by atoms with E-state index in [-0.39, 0.29) is 5.44 Å². The van der Waals surface area contributed by atoms with E-state index >= 15 is 0 Å². The van der Waals surface area contributed by atoms with Crippen molar-refractivity contribution in [3.05, 3.63) is 54.4 Å². The number of para-hydroxylation sites is 1. The van der Waals surface area contributed by atoms with Crippen molar-refractivity contribution in [3.8, 4) is 0 Å². The summed E-state index contributed by atoms with van der Waals surface area (Å²) in [6, 6.07) is 12.5. The first-order valence-electron chi connectivity index (χ1n) is 9.22. The molecule has 5 nitrogen and oxygen atoms in total. The zero-order valence-corrected chi connectivity index (χ0v) is 16.0. The molecule has 0 unspecified atom stereocenters. The number of hydrogen-bond acceptors (Lipinski definition) is 5. The van der Waals surface area contributed by atoms with Crippen molar-refractivity contribution in [1.29, 1.82) is 0 Å². The van der Waals surface area contributed by atoms with Crippen molar-refractivity contribution in [3.63, 3.8) is 0 Å². The predicted octanol–water partition coefficient (Wildman–Crippen LogP) is 3.97. The summed E-state index contributed by atoms with van der Waals surface area (Å²) < 4.78 is 6.30. The average Bonchev–Trinajstić information content (AvgIpc) is 3.20. The molecular formula is C21H21BN4O. The lowest BCUT2D eigenvalue weighted by molar-refractivity contribution is 0.633. The van der Waals surface area contributed by atoms with E-state index in [4.69, 9.17) is 4.42 Å². The molecule has 0 bridgehead atoms. The summed E-state index contributed by atoms with van der Waals surface area (Å²) >= 11 is 0. The van der Waals surface area contributed by atoms with E-state index in [9.17, 15) is 0 Å². The Bertz CT molecular complexity index is 1180. The van der Waals surface area contributed by atoms with Gasteiger partial charge in [-0.2, -0.15) is 0 Å². The van der Waals surface area contributed by atoms with Crippen molar-refractivity contribution < 1.29 is 4.42 Å². The molecule has 134 valence electrons. The van der Waals surface area contributed by atoms with Crippen LogP contribution in [0.2, 0.25) is 0 Å². The highest BCUT2D eigenvalue weighted by atomic mass is 16.3. The maximum absolute atomic E-state index is 6.30. The van der Waals surface area contributed by atoms with E-state index in [2.05, 4.69) is 72.7 Å². The summed E-state index contributed by atoms with van der Waals surface area (Å²) in [5, 5.41) is 2.27.